The van der Waals surface area contributed by atoms with Crippen LogP contribution >= 0.6 is 23.2 Å². The molecule has 0 saturated carbocycles. The van der Waals surface area contributed by atoms with E-state index >= 15 is 0 Å². The van der Waals surface area contributed by atoms with Gasteiger partial charge in [0.05, 0.1) is 23.2 Å². The normalized spacial score (nSPS) is 17.7. The standard InChI is InChI=1S/C25H41Cl2F2NO4Si2/c1-24(2,3)36(7,8)34-16-25(28,29)15-30-14-18(13-21(30)31)22-20(10-9-19(26)23(22)27)33-17-32-11-12-35(4,5)6/h9-10,18H,11-17H2,1-8H3. The second-order valence-electron chi connectivity index (χ2n) is 12.3. The largest absolute Gasteiger partial charge is 0.467 e. The highest BCUT2D eigenvalue weighted by atomic mass is 35.5. The van der Waals surface area contributed by atoms with E-state index in [1.165, 1.54) is 4.90 Å². The first-order valence-corrected chi connectivity index (χ1v) is 19.7. The van der Waals surface area contributed by atoms with Crippen LogP contribution in [0.5, 0.6) is 5.75 Å². The minimum atomic E-state index is -3.16. The monoisotopic (exact) mass is 583 g/mol. The Morgan fingerprint density at radius 1 is 1.11 bits per heavy atom. The van der Waals surface area contributed by atoms with Crippen molar-refractivity contribution in [3.05, 3.63) is 27.7 Å². The van der Waals surface area contributed by atoms with Gasteiger partial charge in [-0.15, -0.1) is 0 Å². The molecule has 1 fully saturated rings. The molecule has 0 aromatic heterocycles. The molecule has 0 spiro atoms. The summed E-state index contributed by atoms with van der Waals surface area (Å²) < 4.78 is 46.9. The Labute approximate surface area is 226 Å². The molecule has 1 aliphatic heterocycles. The van der Waals surface area contributed by atoms with Gasteiger partial charge in [-0.05, 0) is 36.3 Å². The van der Waals surface area contributed by atoms with Crippen molar-refractivity contribution in [1.82, 2.24) is 4.90 Å². The summed E-state index contributed by atoms with van der Waals surface area (Å²) in [5.74, 6) is -3.50. The molecule has 1 unspecified atom stereocenters. The Hall–Kier alpha value is -0.716. The number of halogens is 4. The molecular formula is C25H41Cl2F2NO4Si2. The number of hydrogen-bond acceptors (Lipinski definition) is 4. The highest BCUT2D eigenvalue weighted by Gasteiger charge is 2.44. The predicted molar refractivity (Wildman–Crippen MR) is 148 cm³/mol. The summed E-state index contributed by atoms with van der Waals surface area (Å²) in [6.07, 6.45) is 0.0477. The molecule has 0 N–H and O–H groups in total. The Balaban J connectivity index is 2.07. The van der Waals surface area contributed by atoms with E-state index in [-0.39, 0.29) is 35.7 Å². The molecule has 2 rings (SSSR count). The summed E-state index contributed by atoms with van der Waals surface area (Å²) in [5, 5.41) is 0.400. The Kier molecular flexibility index (Phi) is 10.5. The molecule has 206 valence electrons. The van der Waals surface area contributed by atoms with E-state index in [9.17, 15) is 13.6 Å². The molecule has 36 heavy (non-hydrogen) atoms. The van der Waals surface area contributed by atoms with Crippen molar-refractivity contribution < 1.29 is 27.5 Å². The molecule has 0 aliphatic carbocycles. The fourth-order valence-electron chi connectivity index (χ4n) is 3.54. The van der Waals surface area contributed by atoms with Crippen LogP contribution in [0, 0.1) is 0 Å². The number of ether oxygens (including phenoxy) is 2. The number of carbonyl (C=O) groups is 1. The van der Waals surface area contributed by atoms with Crippen LogP contribution in [0.2, 0.25) is 53.9 Å². The van der Waals surface area contributed by atoms with Gasteiger partial charge in [0.2, 0.25) is 5.91 Å². The van der Waals surface area contributed by atoms with E-state index in [1.54, 1.807) is 12.1 Å². The zero-order valence-electron chi connectivity index (χ0n) is 22.8. The van der Waals surface area contributed by atoms with Gasteiger partial charge in [-0.2, -0.15) is 0 Å². The summed E-state index contributed by atoms with van der Waals surface area (Å²) in [7, 11) is -3.57. The van der Waals surface area contributed by atoms with Crippen molar-refractivity contribution in [3.63, 3.8) is 0 Å². The average molecular weight is 585 g/mol. The zero-order valence-corrected chi connectivity index (χ0v) is 26.3. The van der Waals surface area contributed by atoms with Crippen molar-refractivity contribution in [2.24, 2.45) is 0 Å². The predicted octanol–water partition coefficient (Wildman–Crippen LogP) is 7.66. The maximum absolute atomic E-state index is 14.9. The van der Waals surface area contributed by atoms with Gasteiger partial charge in [-0.1, -0.05) is 63.6 Å². The molecular weight excluding hydrogens is 543 g/mol. The molecule has 11 heteroatoms. The third-order valence-electron chi connectivity index (χ3n) is 6.88. The summed E-state index contributed by atoms with van der Waals surface area (Å²) in [6.45, 7) is 15.9. The van der Waals surface area contributed by atoms with Crippen LogP contribution < -0.4 is 4.74 Å². The number of carbonyl (C=O) groups excluding carboxylic acids is 1. The van der Waals surface area contributed by atoms with Gasteiger partial charge in [0.1, 0.15) is 5.75 Å². The van der Waals surface area contributed by atoms with Crippen LogP contribution in [-0.4, -0.2) is 66.2 Å². The van der Waals surface area contributed by atoms with Crippen molar-refractivity contribution in [2.45, 2.75) is 82.8 Å². The molecule has 0 radical (unpaired) electrons. The van der Waals surface area contributed by atoms with E-state index in [4.69, 9.17) is 37.1 Å². The summed E-state index contributed by atoms with van der Waals surface area (Å²) in [5.41, 5.74) is 0.551. The number of nitrogens with zero attached hydrogens (tertiary/aromatic N) is 1. The summed E-state index contributed by atoms with van der Waals surface area (Å²) >= 11 is 12.8. The van der Waals surface area contributed by atoms with Gasteiger partial charge in [-0.3, -0.25) is 4.79 Å². The lowest BCUT2D eigenvalue weighted by Gasteiger charge is -2.37. The average Bonchev–Trinajstić information content (AvgIpc) is 3.06. The van der Waals surface area contributed by atoms with Gasteiger partial charge in [0, 0.05) is 39.1 Å². The molecule has 1 aliphatic rings. The van der Waals surface area contributed by atoms with Gasteiger partial charge in [-0.25, -0.2) is 8.78 Å². The van der Waals surface area contributed by atoms with Crippen LogP contribution in [0.1, 0.15) is 38.7 Å². The maximum atomic E-state index is 14.9. The van der Waals surface area contributed by atoms with E-state index in [2.05, 4.69) is 19.6 Å². The van der Waals surface area contributed by atoms with Gasteiger partial charge < -0.3 is 18.8 Å². The van der Waals surface area contributed by atoms with Crippen LogP contribution in [0.25, 0.3) is 0 Å². The number of likely N-dealkylation sites (tertiary alicyclic amines) is 1. The smallest absolute Gasteiger partial charge is 0.286 e. The molecule has 1 atom stereocenters. The first kappa shape index (κ1) is 31.5. The minimum absolute atomic E-state index is 0.0304. The number of hydrogen-bond donors (Lipinski definition) is 0. The lowest BCUT2D eigenvalue weighted by Crippen LogP contribution is -2.47. The van der Waals surface area contributed by atoms with Crippen LogP contribution in [0.3, 0.4) is 0 Å². The fourth-order valence-corrected chi connectivity index (χ4v) is 5.78. The highest BCUT2D eigenvalue weighted by molar-refractivity contribution is 6.76. The Morgan fingerprint density at radius 3 is 2.33 bits per heavy atom. The first-order chi connectivity index (χ1) is 16.3. The Morgan fingerprint density at radius 2 is 1.75 bits per heavy atom. The number of alkyl halides is 2. The van der Waals surface area contributed by atoms with Crippen molar-refractivity contribution in [1.29, 1.82) is 0 Å². The third kappa shape index (κ3) is 8.94. The highest BCUT2D eigenvalue weighted by Crippen LogP contribution is 2.43. The van der Waals surface area contributed by atoms with Crippen LogP contribution in [0.15, 0.2) is 12.1 Å². The lowest BCUT2D eigenvalue weighted by molar-refractivity contribution is -0.134. The molecule has 5 nitrogen and oxygen atoms in total. The van der Waals surface area contributed by atoms with E-state index in [0.717, 1.165) is 6.04 Å². The van der Waals surface area contributed by atoms with Crippen LogP contribution in [-0.2, 0) is 14.0 Å². The van der Waals surface area contributed by atoms with Crippen molar-refractivity contribution in [3.8, 4) is 5.75 Å². The van der Waals surface area contributed by atoms with Gasteiger partial charge >= 0.3 is 0 Å². The van der Waals surface area contributed by atoms with E-state index < -0.39 is 41.4 Å². The molecule has 1 heterocycles. The minimum Gasteiger partial charge on any atom is -0.467 e. The second-order valence-corrected chi connectivity index (χ2v) is 23.6. The van der Waals surface area contributed by atoms with E-state index in [0.29, 0.717) is 22.9 Å². The van der Waals surface area contributed by atoms with E-state index in [1.807, 2.05) is 33.9 Å². The SMILES string of the molecule is CC(C)(C)[Si](C)(C)OCC(F)(F)CN1CC(c2c(OCOCC[Si](C)(C)C)ccc(Cl)c2Cl)CC1=O. The summed E-state index contributed by atoms with van der Waals surface area (Å²) in [6, 6.07) is 4.30. The molecule has 0 bridgehead atoms. The second kappa shape index (κ2) is 12.0. The fraction of sp³-hybridized carbons (Fsp3) is 0.720. The zero-order chi connectivity index (χ0) is 27.5. The molecule has 1 aromatic rings. The number of rotatable bonds is 12. The quantitative estimate of drug-likeness (QED) is 0.144. The van der Waals surface area contributed by atoms with Crippen molar-refractivity contribution in [2.75, 3.05) is 33.1 Å². The Bertz CT molecular complexity index is 921. The lowest BCUT2D eigenvalue weighted by atomic mass is 9.97. The van der Waals surface area contributed by atoms with Gasteiger partial charge in [0.15, 0.2) is 15.1 Å². The van der Waals surface area contributed by atoms with Gasteiger partial charge in [0.25, 0.3) is 5.92 Å². The first-order valence-electron chi connectivity index (χ1n) is 12.3. The summed E-state index contributed by atoms with van der Waals surface area (Å²) in [4.78, 5) is 13.9. The van der Waals surface area contributed by atoms with Crippen LogP contribution in [0.4, 0.5) is 8.78 Å². The number of benzene rings is 1. The third-order valence-corrected chi connectivity index (χ3v) is 13.9. The number of amides is 1. The molecule has 1 amide bonds. The maximum Gasteiger partial charge on any atom is 0.286 e. The molecule has 1 aromatic carbocycles. The van der Waals surface area contributed by atoms with Crippen molar-refractivity contribution >= 4 is 45.5 Å². The topological polar surface area (TPSA) is 48.0 Å². The molecule has 1 saturated heterocycles.